The Hall–Kier alpha value is -2.04. The Balaban J connectivity index is 0.00000150. The van der Waals surface area contributed by atoms with Gasteiger partial charge in [-0.25, -0.2) is 0 Å². The van der Waals surface area contributed by atoms with Crippen LogP contribution in [0.25, 0.3) is 0 Å². The highest BCUT2D eigenvalue weighted by Crippen LogP contribution is 2.29. The molecule has 0 unspecified atom stereocenters. The van der Waals surface area contributed by atoms with E-state index >= 15 is 0 Å². The van der Waals surface area contributed by atoms with Crippen LogP contribution in [0.15, 0.2) is 84.9 Å². The highest BCUT2D eigenvalue weighted by Gasteiger charge is 2.26. The molecule has 3 aromatic rings. The molecule has 0 atom stereocenters. The summed E-state index contributed by atoms with van der Waals surface area (Å²) in [7, 11) is 0. The summed E-state index contributed by atoms with van der Waals surface area (Å²) in [5, 5.41) is 9.45. The normalized spacial score (nSPS) is 14.8. The van der Waals surface area contributed by atoms with Crippen LogP contribution >= 0.6 is 24.8 Å². The first-order valence-corrected chi connectivity index (χ1v) is 9.64. The zero-order valence-corrected chi connectivity index (χ0v) is 18.0. The third kappa shape index (κ3) is 5.97. The Bertz CT molecular complexity index is 796. The zero-order valence-electron chi connectivity index (χ0n) is 16.4. The molecule has 1 saturated heterocycles. The number of phenolic OH excluding ortho intramolecular Hbond substituents is 1. The number of piperazine rings is 1. The zero-order chi connectivity index (χ0) is 18.5. The average Bonchev–Trinajstić information content (AvgIpc) is 2.73. The lowest BCUT2D eigenvalue weighted by Gasteiger charge is -2.39. The molecular formula is C24H28Cl2N2O. The molecule has 154 valence electrons. The molecular weight excluding hydrogens is 403 g/mol. The summed E-state index contributed by atoms with van der Waals surface area (Å²) in [6.45, 7) is 5.14. The maximum absolute atomic E-state index is 9.45. The molecule has 1 heterocycles. The molecule has 0 amide bonds. The number of benzene rings is 3. The standard InChI is InChI=1S/C24H26N2O.2ClH/c27-23-13-11-20(12-14-23)19-25-15-17-26(18-16-25)24(21-7-3-1-4-8-21)22-9-5-2-6-10-22;;/h1-14,24,27H,15-19H2;2*1H. The molecule has 4 rings (SSSR count). The van der Waals surface area contributed by atoms with Crippen molar-refractivity contribution < 1.29 is 5.11 Å². The second-order valence-corrected chi connectivity index (χ2v) is 7.20. The highest BCUT2D eigenvalue weighted by atomic mass is 35.5. The van der Waals surface area contributed by atoms with Crippen LogP contribution in [0.4, 0.5) is 0 Å². The quantitative estimate of drug-likeness (QED) is 0.606. The number of halogens is 2. The molecule has 29 heavy (non-hydrogen) atoms. The first-order valence-electron chi connectivity index (χ1n) is 9.64. The first kappa shape index (κ1) is 23.2. The lowest BCUT2D eigenvalue weighted by Crippen LogP contribution is -2.47. The molecule has 1 aliphatic rings. The van der Waals surface area contributed by atoms with Gasteiger partial charge in [0.25, 0.3) is 0 Å². The van der Waals surface area contributed by atoms with Crippen LogP contribution in [-0.4, -0.2) is 41.1 Å². The molecule has 1 fully saturated rings. The molecule has 0 bridgehead atoms. The van der Waals surface area contributed by atoms with Crippen LogP contribution in [-0.2, 0) is 6.54 Å². The van der Waals surface area contributed by atoms with Gasteiger partial charge in [-0.3, -0.25) is 9.80 Å². The SMILES string of the molecule is Cl.Cl.Oc1ccc(CN2CCN(C(c3ccccc3)c3ccccc3)CC2)cc1. The molecule has 0 spiro atoms. The number of nitrogens with zero attached hydrogens (tertiary/aromatic N) is 2. The van der Waals surface area contributed by atoms with Crippen molar-refractivity contribution in [3.05, 3.63) is 102 Å². The fourth-order valence-corrected chi connectivity index (χ4v) is 3.92. The van der Waals surface area contributed by atoms with Gasteiger partial charge in [0.1, 0.15) is 5.75 Å². The van der Waals surface area contributed by atoms with Gasteiger partial charge in [-0.2, -0.15) is 0 Å². The van der Waals surface area contributed by atoms with E-state index in [0.29, 0.717) is 11.8 Å². The van der Waals surface area contributed by atoms with Gasteiger partial charge in [-0.1, -0.05) is 72.8 Å². The average molecular weight is 431 g/mol. The van der Waals surface area contributed by atoms with Gasteiger partial charge < -0.3 is 5.11 Å². The molecule has 0 radical (unpaired) electrons. The van der Waals surface area contributed by atoms with Gasteiger partial charge in [0.2, 0.25) is 0 Å². The van der Waals surface area contributed by atoms with Gasteiger partial charge in [0.05, 0.1) is 6.04 Å². The van der Waals surface area contributed by atoms with Crippen LogP contribution < -0.4 is 0 Å². The van der Waals surface area contributed by atoms with Crippen molar-refractivity contribution in [2.45, 2.75) is 12.6 Å². The van der Waals surface area contributed by atoms with E-state index in [4.69, 9.17) is 0 Å². The predicted molar refractivity (Wildman–Crippen MR) is 124 cm³/mol. The number of phenols is 1. The molecule has 0 aromatic heterocycles. The lowest BCUT2D eigenvalue weighted by atomic mass is 9.96. The Labute approximate surface area is 185 Å². The van der Waals surface area contributed by atoms with E-state index in [9.17, 15) is 5.11 Å². The summed E-state index contributed by atoms with van der Waals surface area (Å²) in [6, 6.07) is 29.5. The van der Waals surface area contributed by atoms with Crippen LogP contribution in [0.5, 0.6) is 5.75 Å². The van der Waals surface area contributed by atoms with Crippen LogP contribution in [0, 0.1) is 0 Å². The van der Waals surface area contributed by atoms with Crippen molar-refractivity contribution in [1.29, 1.82) is 0 Å². The molecule has 3 aromatic carbocycles. The Kier molecular flexibility index (Phi) is 8.99. The van der Waals surface area contributed by atoms with Crippen LogP contribution in [0.1, 0.15) is 22.7 Å². The molecule has 1 aliphatic heterocycles. The predicted octanol–water partition coefficient (Wildman–Crippen LogP) is 5.14. The number of aromatic hydroxyl groups is 1. The Morgan fingerprint density at radius 3 is 1.62 bits per heavy atom. The Morgan fingerprint density at radius 2 is 1.14 bits per heavy atom. The van der Waals surface area contributed by atoms with E-state index in [1.165, 1.54) is 16.7 Å². The lowest BCUT2D eigenvalue weighted by molar-refractivity contribution is 0.105. The summed E-state index contributed by atoms with van der Waals surface area (Å²) in [5.41, 5.74) is 3.97. The van der Waals surface area contributed by atoms with E-state index in [1.807, 2.05) is 12.1 Å². The fraction of sp³-hybridized carbons (Fsp3) is 0.250. The summed E-state index contributed by atoms with van der Waals surface area (Å²) in [4.78, 5) is 5.09. The first-order chi connectivity index (χ1) is 13.3. The van der Waals surface area contributed by atoms with E-state index in [2.05, 4.69) is 70.5 Å². The molecule has 3 nitrogen and oxygen atoms in total. The molecule has 5 heteroatoms. The monoisotopic (exact) mass is 430 g/mol. The van der Waals surface area contributed by atoms with Crippen molar-refractivity contribution in [3.63, 3.8) is 0 Å². The molecule has 0 saturated carbocycles. The van der Waals surface area contributed by atoms with Crippen molar-refractivity contribution in [2.75, 3.05) is 26.2 Å². The maximum Gasteiger partial charge on any atom is 0.115 e. The van der Waals surface area contributed by atoms with Crippen molar-refractivity contribution >= 4 is 24.8 Å². The Morgan fingerprint density at radius 1 is 0.655 bits per heavy atom. The van der Waals surface area contributed by atoms with Gasteiger partial charge >= 0.3 is 0 Å². The minimum atomic E-state index is 0. The van der Waals surface area contributed by atoms with Gasteiger partial charge in [0, 0.05) is 32.7 Å². The number of rotatable bonds is 5. The summed E-state index contributed by atoms with van der Waals surface area (Å²) in [6.07, 6.45) is 0. The van der Waals surface area contributed by atoms with E-state index in [-0.39, 0.29) is 24.8 Å². The summed E-state index contributed by atoms with van der Waals surface area (Å²) in [5.74, 6) is 0.331. The van der Waals surface area contributed by atoms with E-state index < -0.39 is 0 Å². The highest BCUT2D eigenvalue weighted by molar-refractivity contribution is 5.85. The van der Waals surface area contributed by atoms with Crippen molar-refractivity contribution in [3.8, 4) is 5.75 Å². The number of hydrogen-bond acceptors (Lipinski definition) is 3. The largest absolute Gasteiger partial charge is 0.508 e. The number of hydrogen-bond donors (Lipinski definition) is 1. The van der Waals surface area contributed by atoms with Crippen molar-refractivity contribution in [1.82, 2.24) is 9.80 Å². The topological polar surface area (TPSA) is 26.7 Å². The van der Waals surface area contributed by atoms with Crippen molar-refractivity contribution in [2.24, 2.45) is 0 Å². The second kappa shape index (κ2) is 11.2. The van der Waals surface area contributed by atoms with Gasteiger partial charge in [-0.05, 0) is 28.8 Å². The second-order valence-electron chi connectivity index (χ2n) is 7.20. The van der Waals surface area contributed by atoms with Crippen LogP contribution in [0.3, 0.4) is 0 Å². The molecule has 0 aliphatic carbocycles. The summed E-state index contributed by atoms with van der Waals surface area (Å²) < 4.78 is 0. The van der Waals surface area contributed by atoms with E-state index in [1.54, 1.807) is 12.1 Å². The van der Waals surface area contributed by atoms with Gasteiger partial charge in [-0.15, -0.1) is 24.8 Å². The minimum Gasteiger partial charge on any atom is -0.508 e. The minimum absolute atomic E-state index is 0. The maximum atomic E-state index is 9.45. The molecule has 1 N–H and O–H groups in total. The van der Waals surface area contributed by atoms with Crippen LogP contribution in [0.2, 0.25) is 0 Å². The van der Waals surface area contributed by atoms with E-state index in [0.717, 1.165) is 32.7 Å². The fourth-order valence-electron chi connectivity index (χ4n) is 3.92. The smallest absolute Gasteiger partial charge is 0.115 e. The third-order valence-electron chi connectivity index (χ3n) is 5.35. The van der Waals surface area contributed by atoms with Gasteiger partial charge in [0.15, 0.2) is 0 Å². The third-order valence-corrected chi connectivity index (χ3v) is 5.35. The summed E-state index contributed by atoms with van der Waals surface area (Å²) >= 11 is 0.